The van der Waals surface area contributed by atoms with Crippen LogP contribution in [0.2, 0.25) is 0 Å². The van der Waals surface area contributed by atoms with E-state index in [0.29, 0.717) is 0 Å². The van der Waals surface area contributed by atoms with Gasteiger partial charge >= 0.3 is 0 Å². The number of fused-ring (bicyclic) bond motifs is 3. The van der Waals surface area contributed by atoms with Crippen LogP contribution in [0.4, 0.5) is 5.69 Å². The maximum absolute atomic E-state index is 6.49. The Hall–Kier alpha value is -2.85. The zero-order valence-electron chi connectivity index (χ0n) is 17.3. The third-order valence-corrected chi connectivity index (χ3v) is 5.53. The van der Waals surface area contributed by atoms with Gasteiger partial charge in [0.2, 0.25) is 0 Å². The van der Waals surface area contributed by atoms with Crippen LogP contribution >= 0.6 is 0 Å². The molecule has 28 heavy (non-hydrogen) atoms. The minimum absolute atomic E-state index is 0.0252. The molecule has 144 valence electrons. The van der Waals surface area contributed by atoms with Gasteiger partial charge in [0.25, 0.3) is 0 Å². The number of para-hydroxylation sites is 1. The second kappa shape index (κ2) is 6.64. The van der Waals surface area contributed by atoms with E-state index in [2.05, 4.69) is 61.7 Å². The van der Waals surface area contributed by atoms with Crippen LogP contribution in [0.15, 0.2) is 36.4 Å². The molecule has 1 atom stereocenters. The zero-order chi connectivity index (χ0) is 20.2. The molecule has 2 aromatic heterocycles. The van der Waals surface area contributed by atoms with E-state index in [4.69, 9.17) is 16.5 Å². The van der Waals surface area contributed by atoms with Crippen molar-refractivity contribution in [1.29, 1.82) is 0 Å². The highest BCUT2D eigenvalue weighted by atomic mass is 15.1. The Balaban J connectivity index is 2.23. The van der Waals surface area contributed by atoms with Crippen molar-refractivity contribution in [3.05, 3.63) is 64.3 Å². The number of anilines is 1. The summed E-state index contributed by atoms with van der Waals surface area (Å²) in [6, 6.07) is 13.0. The summed E-state index contributed by atoms with van der Waals surface area (Å²) in [7, 11) is 0. The number of rotatable bonds is 3. The summed E-state index contributed by atoms with van der Waals surface area (Å²) in [6.07, 6.45) is 0.728. The van der Waals surface area contributed by atoms with Crippen molar-refractivity contribution < 1.29 is 0 Å². The molecule has 0 radical (unpaired) electrons. The van der Waals surface area contributed by atoms with Crippen molar-refractivity contribution in [1.82, 2.24) is 9.55 Å². The van der Waals surface area contributed by atoms with Gasteiger partial charge in [-0.15, -0.1) is 0 Å². The van der Waals surface area contributed by atoms with E-state index in [1.54, 1.807) is 0 Å². The number of aryl methyl sites for hydroxylation is 4. The van der Waals surface area contributed by atoms with E-state index in [-0.39, 0.29) is 6.04 Å². The molecule has 0 bridgehead atoms. The molecule has 4 N–H and O–H groups in total. The standard InChI is InChI=1S/C24H28N4/c1-13-10-14(2)23(15(3)11-13)28-20-9-7-6-8-18(20)21-19(12-16(4)25)22(26)17(5)27-24(21)28/h6-11,16H,12,25-26H2,1-5H3. The lowest BCUT2D eigenvalue weighted by atomic mass is 10.00. The summed E-state index contributed by atoms with van der Waals surface area (Å²) >= 11 is 0. The maximum Gasteiger partial charge on any atom is 0.146 e. The van der Waals surface area contributed by atoms with Gasteiger partial charge in [-0.25, -0.2) is 4.98 Å². The first-order valence-corrected chi connectivity index (χ1v) is 9.81. The smallest absolute Gasteiger partial charge is 0.146 e. The summed E-state index contributed by atoms with van der Waals surface area (Å²) in [6.45, 7) is 10.5. The normalized spacial score (nSPS) is 12.8. The predicted octanol–water partition coefficient (Wildman–Crippen LogP) is 4.88. The van der Waals surface area contributed by atoms with Gasteiger partial charge in [0.05, 0.1) is 22.6 Å². The molecule has 4 nitrogen and oxygen atoms in total. The Morgan fingerprint density at radius 2 is 1.68 bits per heavy atom. The number of nitrogens with zero attached hydrogens (tertiary/aromatic N) is 2. The average Bonchev–Trinajstić information content (AvgIpc) is 2.92. The molecule has 0 saturated heterocycles. The molecule has 4 aromatic rings. The molecule has 1 unspecified atom stereocenters. The Morgan fingerprint density at radius 1 is 1.04 bits per heavy atom. The molecule has 0 aliphatic carbocycles. The lowest BCUT2D eigenvalue weighted by Crippen LogP contribution is -2.19. The van der Waals surface area contributed by atoms with Gasteiger partial charge in [-0.1, -0.05) is 35.9 Å². The number of hydrogen-bond acceptors (Lipinski definition) is 3. The Kier molecular flexibility index (Phi) is 4.39. The van der Waals surface area contributed by atoms with Crippen molar-refractivity contribution in [2.45, 2.75) is 47.1 Å². The lowest BCUT2D eigenvalue weighted by molar-refractivity contribution is 0.742. The van der Waals surface area contributed by atoms with E-state index in [0.717, 1.165) is 39.9 Å². The fourth-order valence-electron chi connectivity index (χ4n) is 4.49. The summed E-state index contributed by atoms with van der Waals surface area (Å²) in [5.41, 5.74) is 22.4. The van der Waals surface area contributed by atoms with Gasteiger partial charge in [-0.05, 0) is 63.8 Å². The quantitative estimate of drug-likeness (QED) is 0.538. The first-order chi connectivity index (χ1) is 13.3. The molecule has 0 spiro atoms. The van der Waals surface area contributed by atoms with Gasteiger partial charge in [0.1, 0.15) is 5.65 Å². The van der Waals surface area contributed by atoms with Gasteiger partial charge in [0.15, 0.2) is 0 Å². The monoisotopic (exact) mass is 372 g/mol. The first-order valence-electron chi connectivity index (χ1n) is 9.81. The number of benzene rings is 2. The molecule has 0 fully saturated rings. The molecular weight excluding hydrogens is 344 g/mol. The van der Waals surface area contributed by atoms with Crippen molar-refractivity contribution in [3.63, 3.8) is 0 Å². The molecule has 4 rings (SSSR count). The highest BCUT2D eigenvalue weighted by Crippen LogP contribution is 2.38. The predicted molar refractivity (Wildman–Crippen MR) is 119 cm³/mol. The van der Waals surface area contributed by atoms with Crippen LogP contribution in [0, 0.1) is 27.7 Å². The fraction of sp³-hybridized carbons (Fsp3) is 0.292. The summed E-state index contributed by atoms with van der Waals surface area (Å²) < 4.78 is 2.30. The molecule has 0 aliphatic heterocycles. The second-order valence-corrected chi connectivity index (χ2v) is 8.07. The molecule has 0 saturated carbocycles. The number of aromatic nitrogens is 2. The van der Waals surface area contributed by atoms with E-state index in [9.17, 15) is 0 Å². The SMILES string of the molecule is Cc1cc(C)c(-n2c3ccccc3c3c(CC(C)N)c(N)c(C)nc32)c(C)c1. The van der Waals surface area contributed by atoms with Crippen molar-refractivity contribution >= 4 is 27.6 Å². The summed E-state index contributed by atoms with van der Waals surface area (Å²) in [4.78, 5) is 4.96. The Morgan fingerprint density at radius 3 is 2.32 bits per heavy atom. The van der Waals surface area contributed by atoms with Crippen LogP contribution in [0.5, 0.6) is 0 Å². The molecule has 2 heterocycles. The highest BCUT2D eigenvalue weighted by molar-refractivity contribution is 6.11. The molecule has 0 amide bonds. The maximum atomic E-state index is 6.49. The molecule has 4 heteroatoms. The van der Waals surface area contributed by atoms with Crippen molar-refractivity contribution in [2.75, 3.05) is 5.73 Å². The topological polar surface area (TPSA) is 69.9 Å². The number of pyridine rings is 1. The molecule has 0 aliphatic rings. The first kappa shape index (κ1) is 18.5. The van der Waals surface area contributed by atoms with Gasteiger partial charge < -0.3 is 11.5 Å². The molecule has 2 aromatic carbocycles. The summed E-state index contributed by atoms with van der Waals surface area (Å²) in [5.74, 6) is 0. The van der Waals surface area contributed by atoms with Gasteiger partial charge in [-0.3, -0.25) is 4.57 Å². The third kappa shape index (κ3) is 2.76. The van der Waals surface area contributed by atoms with Crippen molar-refractivity contribution in [2.24, 2.45) is 5.73 Å². The van der Waals surface area contributed by atoms with Crippen molar-refractivity contribution in [3.8, 4) is 5.69 Å². The largest absolute Gasteiger partial charge is 0.397 e. The summed E-state index contributed by atoms with van der Waals surface area (Å²) in [5, 5.41) is 2.29. The van der Waals surface area contributed by atoms with E-state index >= 15 is 0 Å². The van der Waals surface area contributed by atoms with Crippen LogP contribution in [0.25, 0.3) is 27.6 Å². The number of nitrogen functional groups attached to an aromatic ring is 1. The van der Waals surface area contributed by atoms with E-state index < -0.39 is 0 Å². The van der Waals surface area contributed by atoms with Crippen LogP contribution in [0.3, 0.4) is 0 Å². The lowest BCUT2D eigenvalue weighted by Gasteiger charge is -2.16. The van der Waals surface area contributed by atoms with E-state index in [1.807, 2.05) is 13.8 Å². The Labute approximate surface area is 166 Å². The van der Waals surface area contributed by atoms with E-state index in [1.165, 1.54) is 27.8 Å². The minimum atomic E-state index is 0.0252. The average molecular weight is 373 g/mol. The van der Waals surface area contributed by atoms with Gasteiger partial charge in [-0.2, -0.15) is 0 Å². The van der Waals surface area contributed by atoms with Crippen LogP contribution < -0.4 is 11.5 Å². The Bertz CT molecular complexity index is 1190. The highest BCUT2D eigenvalue weighted by Gasteiger charge is 2.22. The number of nitrogens with two attached hydrogens (primary N) is 2. The van der Waals surface area contributed by atoms with Crippen LogP contribution in [0.1, 0.15) is 34.9 Å². The zero-order valence-corrected chi connectivity index (χ0v) is 17.3. The molecular formula is C24H28N4. The minimum Gasteiger partial charge on any atom is -0.397 e. The van der Waals surface area contributed by atoms with Crippen LogP contribution in [-0.4, -0.2) is 15.6 Å². The van der Waals surface area contributed by atoms with Gasteiger partial charge in [0, 0.05) is 16.8 Å². The number of hydrogen-bond donors (Lipinski definition) is 2. The third-order valence-electron chi connectivity index (χ3n) is 5.53. The van der Waals surface area contributed by atoms with Crippen LogP contribution in [-0.2, 0) is 6.42 Å². The second-order valence-electron chi connectivity index (χ2n) is 8.07. The fourth-order valence-corrected chi connectivity index (χ4v) is 4.49.